The monoisotopic (exact) mass is 575 g/mol. The van der Waals surface area contributed by atoms with E-state index in [0.29, 0.717) is 46.0 Å². The number of para-hydroxylation sites is 2. The van der Waals surface area contributed by atoms with E-state index in [0.717, 1.165) is 15.6 Å². The number of nitrogens with one attached hydrogen (secondary N) is 2. The van der Waals surface area contributed by atoms with E-state index >= 15 is 0 Å². The van der Waals surface area contributed by atoms with Crippen LogP contribution in [0.5, 0.6) is 17.2 Å². The second-order valence-corrected chi connectivity index (χ2v) is 9.46. The van der Waals surface area contributed by atoms with Crippen LogP contribution in [0.2, 0.25) is 0 Å². The van der Waals surface area contributed by atoms with Crippen LogP contribution in [-0.4, -0.2) is 42.0 Å². The van der Waals surface area contributed by atoms with E-state index < -0.39 is 6.04 Å². The molecule has 1 aromatic heterocycles. The SMILES string of the molecule is COc1ccccc1NC(=O)C1=C(C)Nc2nc(-c3ccc(OC)c(OC)c3)nn2C1c1cccc(Br)c1. The molecule has 9 nitrogen and oxygen atoms in total. The van der Waals surface area contributed by atoms with Crippen molar-refractivity contribution >= 4 is 33.5 Å². The molecule has 0 spiro atoms. The van der Waals surface area contributed by atoms with Crippen LogP contribution in [0.3, 0.4) is 0 Å². The maximum absolute atomic E-state index is 13.8. The van der Waals surface area contributed by atoms with Gasteiger partial charge in [0.05, 0.1) is 32.6 Å². The number of hydrogen-bond donors (Lipinski definition) is 2. The molecule has 0 bridgehead atoms. The number of methoxy groups -OCH3 is 3. The van der Waals surface area contributed by atoms with Crippen LogP contribution in [0, 0.1) is 0 Å². The standard InChI is InChI=1S/C28H26BrN5O4/c1-16-24(27(35)31-20-10-5-6-11-21(20)36-2)25(17-8-7-9-19(29)14-17)34-28(30-16)32-26(33-34)18-12-13-22(37-3)23(15-18)38-4/h5-15,25H,1-4H3,(H,31,35)(H,30,32,33). The summed E-state index contributed by atoms with van der Waals surface area (Å²) < 4.78 is 18.9. The van der Waals surface area contributed by atoms with Crippen molar-refractivity contribution in [3.63, 3.8) is 0 Å². The second-order valence-electron chi connectivity index (χ2n) is 8.55. The first-order chi connectivity index (χ1) is 18.4. The predicted octanol–water partition coefficient (Wildman–Crippen LogP) is 5.66. The Balaban J connectivity index is 1.60. The molecule has 194 valence electrons. The van der Waals surface area contributed by atoms with Crippen LogP contribution in [-0.2, 0) is 4.79 Å². The van der Waals surface area contributed by atoms with E-state index in [9.17, 15) is 4.79 Å². The molecular weight excluding hydrogens is 550 g/mol. The molecule has 2 N–H and O–H groups in total. The first-order valence-electron chi connectivity index (χ1n) is 11.8. The molecule has 1 aliphatic rings. The van der Waals surface area contributed by atoms with Gasteiger partial charge in [-0.15, -0.1) is 5.10 Å². The molecule has 10 heteroatoms. The van der Waals surface area contributed by atoms with Gasteiger partial charge in [0, 0.05) is 15.7 Å². The number of fused-ring (bicyclic) bond motifs is 1. The average Bonchev–Trinajstić information content (AvgIpc) is 3.35. The Morgan fingerprint density at radius 2 is 1.71 bits per heavy atom. The lowest BCUT2D eigenvalue weighted by molar-refractivity contribution is -0.113. The largest absolute Gasteiger partial charge is 0.495 e. The number of benzene rings is 3. The maximum atomic E-state index is 13.8. The normalized spacial score (nSPS) is 14.4. The van der Waals surface area contributed by atoms with Crippen molar-refractivity contribution in [3.05, 3.63) is 88.0 Å². The molecule has 0 saturated heterocycles. The molecule has 0 fully saturated rings. The number of anilines is 2. The van der Waals surface area contributed by atoms with Gasteiger partial charge in [-0.3, -0.25) is 4.79 Å². The molecule has 38 heavy (non-hydrogen) atoms. The minimum absolute atomic E-state index is 0.279. The fourth-order valence-corrected chi connectivity index (χ4v) is 4.88. The van der Waals surface area contributed by atoms with Gasteiger partial charge >= 0.3 is 0 Å². The summed E-state index contributed by atoms with van der Waals surface area (Å²) in [5.74, 6) is 2.47. The zero-order chi connectivity index (χ0) is 26.8. The smallest absolute Gasteiger partial charge is 0.255 e. The number of nitrogens with zero attached hydrogens (tertiary/aromatic N) is 3. The lowest BCUT2D eigenvalue weighted by Gasteiger charge is -2.29. The predicted molar refractivity (Wildman–Crippen MR) is 149 cm³/mol. The van der Waals surface area contributed by atoms with Crippen molar-refractivity contribution in [1.29, 1.82) is 0 Å². The summed E-state index contributed by atoms with van der Waals surface area (Å²) in [6, 6.07) is 20.1. The molecule has 4 aromatic rings. The molecule has 2 heterocycles. The quantitative estimate of drug-likeness (QED) is 0.293. The van der Waals surface area contributed by atoms with Crippen LogP contribution in [0.1, 0.15) is 18.5 Å². The third kappa shape index (κ3) is 4.70. The zero-order valence-electron chi connectivity index (χ0n) is 21.3. The van der Waals surface area contributed by atoms with Crippen molar-refractivity contribution < 1.29 is 19.0 Å². The average molecular weight is 576 g/mol. The van der Waals surface area contributed by atoms with E-state index in [-0.39, 0.29) is 5.91 Å². The first-order valence-corrected chi connectivity index (χ1v) is 12.6. The van der Waals surface area contributed by atoms with Crippen molar-refractivity contribution in [2.24, 2.45) is 0 Å². The summed E-state index contributed by atoms with van der Waals surface area (Å²) in [5, 5.41) is 11.1. The summed E-state index contributed by atoms with van der Waals surface area (Å²) >= 11 is 3.57. The van der Waals surface area contributed by atoms with Gasteiger partial charge in [-0.05, 0) is 55.0 Å². The van der Waals surface area contributed by atoms with Gasteiger partial charge in [-0.25, -0.2) is 4.68 Å². The molecule has 0 aliphatic carbocycles. The fourth-order valence-electron chi connectivity index (χ4n) is 4.47. The molecular formula is C28H26BrN5O4. The van der Waals surface area contributed by atoms with Crippen molar-refractivity contribution in [2.75, 3.05) is 32.0 Å². The highest BCUT2D eigenvalue weighted by Crippen LogP contribution is 2.39. The number of aromatic nitrogens is 3. The summed E-state index contributed by atoms with van der Waals surface area (Å²) in [6.45, 7) is 1.86. The highest BCUT2D eigenvalue weighted by atomic mass is 79.9. The number of hydrogen-bond acceptors (Lipinski definition) is 7. The Morgan fingerprint density at radius 1 is 0.947 bits per heavy atom. The number of halogens is 1. The van der Waals surface area contributed by atoms with E-state index in [1.54, 1.807) is 38.1 Å². The van der Waals surface area contributed by atoms with Crippen LogP contribution in [0.25, 0.3) is 11.4 Å². The molecule has 1 unspecified atom stereocenters. The summed E-state index contributed by atoms with van der Waals surface area (Å²) in [4.78, 5) is 18.5. The van der Waals surface area contributed by atoms with Gasteiger partial charge in [0.2, 0.25) is 5.95 Å². The van der Waals surface area contributed by atoms with Gasteiger partial charge in [0.15, 0.2) is 17.3 Å². The number of carbonyl (C=O) groups excluding carboxylic acids is 1. The van der Waals surface area contributed by atoms with Crippen LogP contribution in [0.15, 0.2) is 82.5 Å². The Kier molecular flexibility index (Phi) is 7.06. The zero-order valence-corrected chi connectivity index (χ0v) is 22.9. The highest BCUT2D eigenvalue weighted by molar-refractivity contribution is 9.10. The maximum Gasteiger partial charge on any atom is 0.255 e. The summed E-state index contributed by atoms with van der Waals surface area (Å²) in [7, 11) is 4.74. The topological polar surface area (TPSA) is 99.5 Å². The van der Waals surface area contributed by atoms with Gasteiger partial charge in [0.1, 0.15) is 11.8 Å². The van der Waals surface area contributed by atoms with Gasteiger partial charge in [-0.1, -0.05) is 40.2 Å². The third-order valence-electron chi connectivity index (χ3n) is 6.26. The third-order valence-corrected chi connectivity index (χ3v) is 6.75. The minimum Gasteiger partial charge on any atom is -0.495 e. The summed E-state index contributed by atoms with van der Waals surface area (Å²) in [6.07, 6.45) is 0. The van der Waals surface area contributed by atoms with Gasteiger partial charge < -0.3 is 24.8 Å². The number of ether oxygens (including phenoxy) is 3. The van der Waals surface area contributed by atoms with Gasteiger partial charge in [0.25, 0.3) is 5.91 Å². The lowest BCUT2D eigenvalue weighted by atomic mass is 9.95. The van der Waals surface area contributed by atoms with E-state index in [4.69, 9.17) is 24.3 Å². The minimum atomic E-state index is -0.542. The lowest BCUT2D eigenvalue weighted by Crippen LogP contribution is -2.31. The van der Waals surface area contributed by atoms with Gasteiger partial charge in [-0.2, -0.15) is 4.98 Å². The molecule has 1 atom stereocenters. The van der Waals surface area contributed by atoms with Crippen molar-refractivity contribution in [1.82, 2.24) is 14.8 Å². The Hall–Kier alpha value is -4.31. The Labute approximate surface area is 228 Å². The molecule has 1 aliphatic heterocycles. The number of amides is 1. The molecule has 0 saturated carbocycles. The molecule has 5 rings (SSSR count). The fraction of sp³-hybridized carbons (Fsp3) is 0.179. The first kappa shape index (κ1) is 25.3. The van der Waals surface area contributed by atoms with Crippen LogP contribution >= 0.6 is 15.9 Å². The second kappa shape index (κ2) is 10.6. The van der Waals surface area contributed by atoms with Crippen molar-refractivity contribution in [3.8, 4) is 28.6 Å². The van der Waals surface area contributed by atoms with Crippen LogP contribution < -0.4 is 24.8 Å². The Morgan fingerprint density at radius 3 is 2.45 bits per heavy atom. The Bertz CT molecular complexity index is 1550. The number of allylic oxidation sites excluding steroid dienone is 1. The molecule has 3 aromatic carbocycles. The number of rotatable bonds is 7. The molecule has 1 amide bonds. The van der Waals surface area contributed by atoms with E-state index in [1.807, 2.05) is 61.5 Å². The van der Waals surface area contributed by atoms with Crippen LogP contribution in [0.4, 0.5) is 11.6 Å². The highest BCUT2D eigenvalue weighted by Gasteiger charge is 2.35. The van der Waals surface area contributed by atoms with E-state index in [1.165, 1.54) is 0 Å². The van der Waals surface area contributed by atoms with E-state index in [2.05, 4.69) is 26.6 Å². The molecule has 0 radical (unpaired) electrons. The summed E-state index contributed by atoms with van der Waals surface area (Å²) in [5.41, 5.74) is 3.36. The van der Waals surface area contributed by atoms with Crippen molar-refractivity contribution in [2.45, 2.75) is 13.0 Å². The number of carbonyl (C=O) groups is 1.